The van der Waals surface area contributed by atoms with Gasteiger partial charge in [-0.3, -0.25) is 4.90 Å². The molecule has 0 unspecified atom stereocenters. The van der Waals surface area contributed by atoms with Gasteiger partial charge in [-0.15, -0.1) is 6.58 Å². The fourth-order valence-corrected chi connectivity index (χ4v) is 1.26. The van der Waals surface area contributed by atoms with Crippen LogP contribution in [-0.4, -0.2) is 49.8 Å². The van der Waals surface area contributed by atoms with Crippen LogP contribution in [0.2, 0.25) is 0 Å². The van der Waals surface area contributed by atoms with E-state index in [0.717, 1.165) is 26.2 Å². The van der Waals surface area contributed by atoms with Gasteiger partial charge in [-0.1, -0.05) is 6.08 Å². The van der Waals surface area contributed by atoms with Crippen molar-refractivity contribution in [3.8, 4) is 0 Å². The van der Waals surface area contributed by atoms with Crippen molar-refractivity contribution in [3.63, 3.8) is 0 Å². The molecule has 0 aromatic heterocycles. The first kappa shape index (κ1) is 12.6. The fraction of sp³-hybridized carbons (Fsp3) is 0.800. The van der Waals surface area contributed by atoms with Gasteiger partial charge in [0.2, 0.25) is 0 Å². The van der Waals surface area contributed by atoms with Crippen molar-refractivity contribution in [3.05, 3.63) is 12.7 Å². The van der Waals surface area contributed by atoms with Crippen LogP contribution in [0.15, 0.2) is 12.7 Å². The number of rotatable bonds is 9. The van der Waals surface area contributed by atoms with Gasteiger partial charge in [-0.25, -0.2) is 0 Å². The molecule has 0 aromatic carbocycles. The van der Waals surface area contributed by atoms with E-state index in [1.54, 1.807) is 0 Å². The third-order valence-electron chi connectivity index (χ3n) is 1.95. The van der Waals surface area contributed by atoms with E-state index in [1.165, 1.54) is 12.8 Å². The number of aliphatic hydroxyl groups excluding tert-OH is 1. The predicted molar refractivity (Wildman–Crippen MR) is 56.9 cm³/mol. The third-order valence-corrected chi connectivity index (χ3v) is 1.95. The molecule has 78 valence electrons. The van der Waals surface area contributed by atoms with Crippen LogP contribution in [0.3, 0.4) is 0 Å². The van der Waals surface area contributed by atoms with Crippen LogP contribution in [0.5, 0.6) is 0 Å². The molecule has 13 heavy (non-hydrogen) atoms. The summed E-state index contributed by atoms with van der Waals surface area (Å²) in [5.41, 5.74) is 0. The molecule has 2 N–H and O–H groups in total. The smallest absolute Gasteiger partial charge is 0.0558 e. The summed E-state index contributed by atoms with van der Waals surface area (Å²) in [6, 6.07) is 0. The summed E-state index contributed by atoms with van der Waals surface area (Å²) in [6.07, 6.45) is 4.25. The van der Waals surface area contributed by atoms with Crippen molar-refractivity contribution in [2.24, 2.45) is 0 Å². The van der Waals surface area contributed by atoms with Crippen LogP contribution in [0.1, 0.15) is 12.8 Å². The molecule has 0 saturated carbocycles. The topological polar surface area (TPSA) is 35.5 Å². The number of unbranched alkanes of at least 4 members (excludes halogenated alkanes) is 1. The van der Waals surface area contributed by atoms with Gasteiger partial charge in [-0.05, 0) is 33.0 Å². The van der Waals surface area contributed by atoms with Crippen molar-refractivity contribution < 1.29 is 5.11 Å². The number of aliphatic hydroxyl groups is 1. The molecule has 0 heterocycles. The molecule has 0 aliphatic rings. The Labute approximate surface area is 81.4 Å². The minimum atomic E-state index is 0.236. The Hall–Kier alpha value is -0.380. The number of nitrogens with zero attached hydrogens (tertiary/aromatic N) is 1. The molecule has 0 aromatic rings. The fourth-order valence-electron chi connectivity index (χ4n) is 1.26. The van der Waals surface area contributed by atoms with Crippen molar-refractivity contribution in [2.75, 3.05) is 39.8 Å². The second kappa shape index (κ2) is 9.71. The highest BCUT2D eigenvalue weighted by atomic mass is 16.3. The molecule has 0 fully saturated rings. The lowest BCUT2D eigenvalue weighted by atomic mass is 10.3. The zero-order valence-corrected chi connectivity index (χ0v) is 8.63. The number of hydrogen-bond donors (Lipinski definition) is 2. The molecule has 0 spiro atoms. The lowest BCUT2D eigenvalue weighted by Crippen LogP contribution is -2.28. The van der Waals surface area contributed by atoms with Gasteiger partial charge in [0.15, 0.2) is 0 Å². The quantitative estimate of drug-likeness (QED) is 0.406. The molecule has 0 radical (unpaired) electrons. The van der Waals surface area contributed by atoms with E-state index in [0.29, 0.717) is 0 Å². The maximum Gasteiger partial charge on any atom is 0.0558 e. The van der Waals surface area contributed by atoms with E-state index in [-0.39, 0.29) is 6.61 Å². The standard InChI is InChI=1S/C10H22N2O/c1-3-7-12(9-10-13)8-5-4-6-11-2/h3,11,13H,1,4-10H2,2H3. The maximum atomic E-state index is 8.78. The monoisotopic (exact) mass is 186 g/mol. The zero-order chi connectivity index (χ0) is 9.94. The minimum Gasteiger partial charge on any atom is -0.395 e. The van der Waals surface area contributed by atoms with Crippen molar-refractivity contribution in [2.45, 2.75) is 12.8 Å². The lowest BCUT2D eigenvalue weighted by Gasteiger charge is -2.18. The average molecular weight is 186 g/mol. The van der Waals surface area contributed by atoms with Gasteiger partial charge in [0.25, 0.3) is 0 Å². The Morgan fingerprint density at radius 1 is 1.38 bits per heavy atom. The van der Waals surface area contributed by atoms with Gasteiger partial charge < -0.3 is 10.4 Å². The highest BCUT2D eigenvalue weighted by Crippen LogP contribution is 1.94. The summed E-state index contributed by atoms with van der Waals surface area (Å²) >= 11 is 0. The molecular weight excluding hydrogens is 164 g/mol. The highest BCUT2D eigenvalue weighted by molar-refractivity contribution is 4.73. The van der Waals surface area contributed by atoms with Crippen molar-refractivity contribution in [1.82, 2.24) is 10.2 Å². The molecular formula is C10H22N2O. The predicted octanol–water partition coefficient (Wildman–Crippen LogP) is 0.466. The normalized spacial score (nSPS) is 10.7. The summed E-state index contributed by atoms with van der Waals surface area (Å²) in [5.74, 6) is 0. The number of nitrogens with one attached hydrogen (secondary N) is 1. The summed E-state index contributed by atoms with van der Waals surface area (Å²) < 4.78 is 0. The van der Waals surface area contributed by atoms with Crippen LogP contribution in [-0.2, 0) is 0 Å². The molecule has 0 aliphatic heterocycles. The summed E-state index contributed by atoms with van der Waals surface area (Å²) in [4.78, 5) is 2.21. The van der Waals surface area contributed by atoms with E-state index < -0.39 is 0 Å². The van der Waals surface area contributed by atoms with E-state index in [1.807, 2.05) is 13.1 Å². The third kappa shape index (κ3) is 7.96. The van der Waals surface area contributed by atoms with Crippen LogP contribution < -0.4 is 5.32 Å². The molecule has 0 rings (SSSR count). The Morgan fingerprint density at radius 2 is 2.15 bits per heavy atom. The SMILES string of the molecule is C=CCN(CCO)CCCCNC. The average Bonchev–Trinajstić information content (AvgIpc) is 2.13. The van der Waals surface area contributed by atoms with Crippen LogP contribution >= 0.6 is 0 Å². The Balaban J connectivity index is 3.38. The molecule has 3 nitrogen and oxygen atoms in total. The largest absolute Gasteiger partial charge is 0.395 e. The molecule has 0 amide bonds. The van der Waals surface area contributed by atoms with Gasteiger partial charge in [0, 0.05) is 13.1 Å². The maximum absolute atomic E-state index is 8.78. The van der Waals surface area contributed by atoms with Gasteiger partial charge >= 0.3 is 0 Å². The molecule has 0 atom stereocenters. The van der Waals surface area contributed by atoms with Gasteiger partial charge in [0.1, 0.15) is 0 Å². The van der Waals surface area contributed by atoms with Crippen molar-refractivity contribution in [1.29, 1.82) is 0 Å². The number of hydrogen-bond acceptors (Lipinski definition) is 3. The highest BCUT2D eigenvalue weighted by Gasteiger charge is 2.00. The Morgan fingerprint density at radius 3 is 2.69 bits per heavy atom. The molecule has 0 bridgehead atoms. The molecule has 3 heteroatoms. The summed E-state index contributed by atoms with van der Waals surface area (Å²) in [7, 11) is 1.97. The van der Waals surface area contributed by atoms with Crippen LogP contribution in [0, 0.1) is 0 Å². The zero-order valence-electron chi connectivity index (χ0n) is 8.63. The molecule has 0 aliphatic carbocycles. The minimum absolute atomic E-state index is 0.236. The first-order valence-electron chi connectivity index (χ1n) is 4.93. The van der Waals surface area contributed by atoms with E-state index in [2.05, 4.69) is 16.8 Å². The summed E-state index contributed by atoms with van der Waals surface area (Å²) in [6.45, 7) is 7.68. The van der Waals surface area contributed by atoms with Gasteiger partial charge in [-0.2, -0.15) is 0 Å². The van der Waals surface area contributed by atoms with E-state index in [9.17, 15) is 0 Å². The van der Waals surface area contributed by atoms with Gasteiger partial charge in [0.05, 0.1) is 6.61 Å². The van der Waals surface area contributed by atoms with Crippen LogP contribution in [0.25, 0.3) is 0 Å². The Kier molecular flexibility index (Phi) is 9.42. The first-order valence-corrected chi connectivity index (χ1v) is 4.93. The van der Waals surface area contributed by atoms with Crippen molar-refractivity contribution >= 4 is 0 Å². The lowest BCUT2D eigenvalue weighted by molar-refractivity contribution is 0.206. The van der Waals surface area contributed by atoms with E-state index >= 15 is 0 Å². The Bertz CT molecular complexity index is 117. The molecule has 0 saturated heterocycles. The second-order valence-electron chi connectivity index (χ2n) is 3.12. The second-order valence-corrected chi connectivity index (χ2v) is 3.12. The summed E-state index contributed by atoms with van der Waals surface area (Å²) in [5, 5.41) is 11.9. The van der Waals surface area contributed by atoms with Crippen LogP contribution in [0.4, 0.5) is 0 Å². The first-order chi connectivity index (χ1) is 6.35. The van der Waals surface area contributed by atoms with E-state index in [4.69, 9.17) is 5.11 Å².